The average molecular weight is 341 g/mol. The predicted octanol–water partition coefficient (Wildman–Crippen LogP) is 2.83. The number of fused-ring (bicyclic) bond motifs is 1. The van der Waals surface area contributed by atoms with Crippen LogP contribution in [0.3, 0.4) is 0 Å². The van der Waals surface area contributed by atoms with E-state index < -0.39 is 5.97 Å². The van der Waals surface area contributed by atoms with Gasteiger partial charge >= 0.3 is 5.97 Å². The SMILES string of the molecule is CCn1nnc2cc(C(=O)OCc3cc(OC)ccc3OC)ccc21. The smallest absolute Gasteiger partial charge is 0.338 e. The lowest BCUT2D eigenvalue weighted by molar-refractivity contribution is 0.0470. The van der Waals surface area contributed by atoms with E-state index in [-0.39, 0.29) is 6.61 Å². The molecule has 0 atom stereocenters. The lowest BCUT2D eigenvalue weighted by Crippen LogP contribution is -2.06. The topological polar surface area (TPSA) is 75.5 Å². The molecule has 1 aromatic heterocycles. The Morgan fingerprint density at radius 3 is 2.68 bits per heavy atom. The number of carbonyl (C=O) groups is 1. The first kappa shape index (κ1) is 16.8. The Bertz CT molecular complexity index is 904. The predicted molar refractivity (Wildman–Crippen MR) is 91.9 cm³/mol. The molecule has 0 aliphatic rings. The fourth-order valence-corrected chi connectivity index (χ4v) is 2.55. The van der Waals surface area contributed by atoms with Gasteiger partial charge in [0.25, 0.3) is 0 Å². The second-order valence-electron chi connectivity index (χ2n) is 5.36. The van der Waals surface area contributed by atoms with Crippen LogP contribution < -0.4 is 9.47 Å². The van der Waals surface area contributed by atoms with Crippen LogP contribution in [0.15, 0.2) is 36.4 Å². The fraction of sp³-hybridized carbons (Fsp3) is 0.278. The summed E-state index contributed by atoms with van der Waals surface area (Å²) in [6, 6.07) is 10.6. The summed E-state index contributed by atoms with van der Waals surface area (Å²) in [6.07, 6.45) is 0. The Morgan fingerprint density at radius 2 is 1.96 bits per heavy atom. The molecule has 0 amide bonds. The van der Waals surface area contributed by atoms with E-state index in [1.54, 1.807) is 49.2 Å². The molecule has 25 heavy (non-hydrogen) atoms. The second kappa shape index (κ2) is 7.21. The molecule has 0 aliphatic carbocycles. The largest absolute Gasteiger partial charge is 0.497 e. The van der Waals surface area contributed by atoms with Crippen molar-refractivity contribution in [3.8, 4) is 11.5 Å². The van der Waals surface area contributed by atoms with E-state index in [1.165, 1.54) is 0 Å². The third-order valence-electron chi connectivity index (χ3n) is 3.90. The maximum absolute atomic E-state index is 12.3. The first-order valence-electron chi connectivity index (χ1n) is 7.87. The van der Waals surface area contributed by atoms with Gasteiger partial charge in [-0.05, 0) is 43.3 Å². The van der Waals surface area contributed by atoms with Crippen LogP contribution in [0.2, 0.25) is 0 Å². The van der Waals surface area contributed by atoms with Crippen molar-refractivity contribution in [2.45, 2.75) is 20.1 Å². The number of hydrogen-bond donors (Lipinski definition) is 0. The van der Waals surface area contributed by atoms with Crippen molar-refractivity contribution in [2.75, 3.05) is 14.2 Å². The van der Waals surface area contributed by atoms with Gasteiger partial charge in [-0.15, -0.1) is 5.10 Å². The molecule has 130 valence electrons. The molecular formula is C18H19N3O4. The van der Waals surface area contributed by atoms with Crippen molar-refractivity contribution in [1.82, 2.24) is 15.0 Å². The first-order valence-corrected chi connectivity index (χ1v) is 7.87. The molecule has 3 aromatic rings. The van der Waals surface area contributed by atoms with Crippen LogP contribution in [0.1, 0.15) is 22.8 Å². The third-order valence-corrected chi connectivity index (χ3v) is 3.90. The van der Waals surface area contributed by atoms with Crippen LogP contribution in [0.5, 0.6) is 11.5 Å². The van der Waals surface area contributed by atoms with Crippen molar-refractivity contribution < 1.29 is 19.0 Å². The summed E-state index contributed by atoms with van der Waals surface area (Å²) in [7, 11) is 3.15. The highest BCUT2D eigenvalue weighted by atomic mass is 16.5. The Labute approximate surface area is 145 Å². The zero-order chi connectivity index (χ0) is 17.8. The number of carbonyl (C=O) groups excluding carboxylic acids is 1. The maximum Gasteiger partial charge on any atom is 0.338 e. The molecule has 0 saturated heterocycles. The Hall–Kier alpha value is -3.09. The van der Waals surface area contributed by atoms with E-state index in [9.17, 15) is 4.79 Å². The minimum Gasteiger partial charge on any atom is -0.497 e. The number of aromatic nitrogens is 3. The quantitative estimate of drug-likeness (QED) is 0.642. The van der Waals surface area contributed by atoms with E-state index in [1.807, 2.05) is 13.0 Å². The lowest BCUT2D eigenvalue weighted by Gasteiger charge is -2.11. The van der Waals surface area contributed by atoms with Crippen molar-refractivity contribution in [2.24, 2.45) is 0 Å². The van der Waals surface area contributed by atoms with Crippen LogP contribution >= 0.6 is 0 Å². The number of benzene rings is 2. The lowest BCUT2D eigenvalue weighted by atomic mass is 10.2. The fourth-order valence-electron chi connectivity index (χ4n) is 2.55. The van der Waals surface area contributed by atoms with E-state index in [2.05, 4.69) is 10.3 Å². The van der Waals surface area contributed by atoms with Gasteiger partial charge in [0.1, 0.15) is 23.6 Å². The monoisotopic (exact) mass is 341 g/mol. The zero-order valence-electron chi connectivity index (χ0n) is 14.4. The van der Waals surface area contributed by atoms with Gasteiger partial charge in [0.2, 0.25) is 0 Å². The second-order valence-corrected chi connectivity index (χ2v) is 5.36. The average Bonchev–Trinajstić information content (AvgIpc) is 3.08. The number of hydrogen-bond acceptors (Lipinski definition) is 6. The summed E-state index contributed by atoms with van der Waals surface area (Å²) >= 11 is 0. The van der Waals surface area contributed by atoms with Gasteiger partial charge in [0, 0.05) is 12.1 Å². The molecule has 0 aliphatic heterocycles. The van der Waals surface area contributed by atoms with Crippen molar-refractivity contribution in [3.05, 3.63) is 47.5 Å². The highest BCUT2D eigenvalue weighted by Crippen LogP contribution is 2.25. The highest BCUT2D eigenvalue weighted by Gasteiger charge is 2.13. The summed E-state index contributed by atoms with van der Waals surface area (Å²) in [4.78, 5) is 12.3. The molecule has 3 rings (SSSR count). The van der Waals surface area contributed by atoms with Crippen LogP contribution in [-0.4, -0.2) is 35.2 Å². The van der Waals surface area contributed by atoms with Crippen molar-refractivity contribution in [1.29, 1.82) is 0 Å². The number of methoxy groups -OCH3 is 2. The van der Waals surface area contributed by atoms with E-state index >= 15 is 0 Å². The van der Waals surface area contributed by atoms with Crippen LogP contribution in [-0.2, 0) is 17.9 Å². The summed E-state index contributed by atoms with van der Waals surface area (Å²) in [6.45, 7) is 2.78. The molecule has 0 N–H and O–H groups in total. The van der Waals surface area contributed by atoms with Crippen LogP contribution in [0, 0.1) is 0 Å². The maximum atomic E-state index is 12.3. The third kappa shape index (κ3) is 3.40. The minimum absolute atomic E-state index is 0.0822. The first-order chi connectivity index (χ1) is 12.2. The van der Waals surface area contributed by atoms with Gasteiger partial charge in [-0.3, -0.25) is 0 Å². The molecule has 7 heteroatoms. The Balaban J connectivity index is 1.76. The number of aryl methyl sites for hydroxylation is 1. The van der Waals surface area contributed by atoms with E-state index in [4.69, 9.17) is 14.2 Å². The van der Waals surface area contributed by atoms with Crippen molar-refractivity contribution >= 4 is 17.0 Å². The molecule has 7 nitrogen and oxygen atoms in total. The number of rotatable bonds is 6. The molecular weight excluding hydrogens is 322 g/mol. The molecule has 0 radical (unpaired) electrons. The van der Waals surface area contributed by atoms with Gasteiger partial charge in [0.05, 0.1) is 25.3 Å². The molecule has 0 bridgehead atoms. The van der Waals surface area contributed by atoms with Gasteiger partial charge in [-0.1, -0.05) is 5.21 Å². The van der Waals surface area contributed by atoms with E-state index in [0.29, 0.717) is 22.6 Å². The normalized spacial score (nSPS) is 10.7. The summed E-state index contributed by atoms with van der Waals surface area (Å²) < 4.78 is 17.7. The zero-order valence-corrected chi connectivity index (χ0v) is 14.4. The van der Waals surface area contributed by atoms with Crippen LogP contribution in [0.25, 0.3) is 11.0 Å². The summed E-state index contributed by atoms with van der Waals surface area (Å²) in [5.41, 5.74) is 2.70. The minimum atomic E-state index is -0.433. The number of esters is 1. The molecule has 2 aromatic carbocycles. The Kier molecular flexibility index (Phi) is 4.83. The number of nitrogens with zero attached hydrogens (tertiary/aromatic N) is 3. The van der Waals surface area contributed by atoms with Gasteiger partial charge < -0.3 is 14.2 Å². The summed E-state index contributed by atoms with van der Waals surface area (Å²) in [5.74, 6) is 0.872. The van der Waals surface area contributed by atoms with E-state index in [0.717, 1.165) is 17.6 Å². The molecule has 0 unspecified atom stereocenters. The van der Waals surface area contributed by atoms with Crippen molar-refractivity contribution in [3.63, 3.8) is 0 Å². The Morgan fingerprint density at radius 1 is 1.12 bits per heavy atom. The molecule has 0 fully saturated rings. The summed E-state index contributed by atoms with van der Waals surface area (Å²) in [5, 5.41) is 8.10. The van der Waals surface area contributed by atoms with Gasteiger partial charge in [0.15, 0.2) is 0 Å². The standard InChI is InChI=1S/C18H19N3O4/c1-4-21-16-7-5-12(10-15(16)19-20-21)18(22)25-11-13-9-14(23-2)6-8-17(13)24-3/h5-10H,4,11H2,1-3H3. The van der Waals surface area contributed by atoms with Gasteiger partial charge in [-0.25, -0.2) is 9.48 Å². The molecule has 0 saturated carbocycles. The molecule has 0 spiro atoms. The highest BCUT2D eigenvalue weighted by molar-refractivity contribution is 5.93. The molecule has 1 heterocycles. The number of ether oxygens (including phenoxy) is 3. The van der Waals surface area contributed by atoms with Gasteiger partial charge in [-0.2, -0.15) is 0 Å². The van der Waals surface area contributed by atoms with Crippen LogP contribution in [0.4, 0.5) is 0 Å².